The highest BCUT2D eigenvalue weighted by Crippen LogP contribution is 2.41. The van der Waals surface area contributed by atoms with Crippen molar-refractivity contribution in [1.82, 2.24) is 0 Å². The summed E-state index contributed by atoms with van der Waals surface area (Å²) >= 11 is 0. The van der Waals surface area contributed by atoms with Crippen LogP contribution in [0.1, 0.15) is 32.3 Å². The Hall–Kier alpha value is -1.11. The van der Waals surface area contributed by atoms with Crippen molar-refractivity contribution in [3.05, 3.63) is 35.9 Å². The molecule has 14 heavy (non-hydrogen) atoms. The Labute approximate surface area is 85.1 Å². The summed E-state index contributed by atoms with van der Waals surface area (Å²) in [5.41, 5.74) is 1.38. The van der Waals surface area contributed by atoms with Gasteiger partial charge in [-0.25, -0.2) is 0 Å². The van der Waals surface area contributed by atoms with Gasteiger partial charge in [0, 0.05) is 17.8 Å². The van der Waals surface area contributed by atoms with Gasteiger partial charge < -0.3 is 0 Å². The average molecular weight is 188 g/mol. The molecule has 0 heterocycles. The molecule has 1 aromatic carbocycles. The van der Waals surface area contributed by atoms with Crippen LogP contribution < -0.4 is 0 Å². The summed E-state index contributed by atoms with van der Waals surface area (Å²) in [7, 11) is 0. The molecular formula is C13H16O. The van der Waals surface area contributed by atoms with Gasteiger partial charge in [0.15, 0.2) is 0 Å². The molecule has 0 radical (unpaired) electrons. The SMILES string of the molecule is CC1C[C@](C)(c2ccccc2)CC1=O. The lowest BCUT2D eigenvalue weighted by molar-refractivity contribution is -0.120. The van der Waals surface area contributed by atoms with Crippen LogP contribution in [0.4, 0.5) is 0 Å². The van der Waals surface area contributed by atoms with E-state index < -0.39 is 0 Å². The zero-order valence-electron chi connectivity index (χ0n) is 8.79. The molecule has 0 aliphatic heterocycles. The maximum atomic E-state index is 11.6. The smallest absolute Gasteiger partial charge is 0.136 e. The van der Waals surface area contributed by atoms with Crippen molar-refractivity contribution in [3.8, 4) is 0 Å². The van der Waals surface area contributed by atoms with Gasteiger partial charge in [0.25, 0.3) is 0 Å². The minimum Gasteiger partial charge on any atom is -0.299 e. The van der Waals surface area contributed by atoms with Gasteiger partial charge in [-0.1, -0.05) is 44.2 Å². The Morgan fingerprint density at radius 1 is 1.29 bits per heavy atom. The Morgan fingerprint density at radius 2 is 1.93 bits per heavy atom. The van der Waals surface area contributed by atoms with Gasteiger partial charge >= 0.3 is 0 Å². The molecule has 1 heteroatoms. The molecule has 1 nitrogen and oxygen atoms in total. The number of ketones is 1. The van der Waals surface area contributed by atoms with Crippen LogP contribution in [0.3, 0.4) is 0 Å². The normalized spacial score (nSPS) is 32.1. The molecule has 1 saturated carbocycles. The Bertz CT molecular complexity index is 342. The topological polar surface area (TPSA) is 17.1 Å². The van der Waals surface area contributed by atoms with Crippen molar-refractivity contribution in [2.75, 3.05) is 0 Å². The Balaban J connectivity index is 2.31. The van der Waals surface area contributed by atoms with Crippen LogP contribution >= 0.6 is 0 Å². The first-order valence-electron chi connectivity index (χ1n) is 5.20. The fraction of sp³-hybridized carbons (Fsp3) is 0.462. The molecule has 0 aromatic heterocycles. The monoisotopic (exact) mass is 188 g/mol. The van der Waals surface area contributed by atoms with Crippen molar-refractivity contribution in [2.24, 2.45) is 5.92 Å². The first-order chi connectivity index (χ1) is 6.62. The van der Waals surface area contributed by atoms with Gasteiger partial charge in [-0.3, -0.25) is 4.79 Å². The maximum Gasteiger partial charge on any atom is 0.136 e. The van der Waals surface area contributed by atoms with E-state index >= 15 is 0 Å². The molecule has 0 N–H and O–H groups in total. The molecular weight excluding hydrogens is 172 g/mol. The van der Waals surface area contributed by atoms with Crippen molar-refractivity contribution in [2.45, 2.75) is 32.1 Å². The highest BCUT2D eigenvalue weighted by atomic mass is 16.1. The van der Waals surface area contributed by atoms with Crippen LogP contribution in [-0.2, 0) is 10.2 Å². The summed E-state index contributed by atoms with van der Waals surface area (Å²) in [6, 6.07) is 10.4. The third-order valence-corrected chi connectivity index (χ3v) is 3.34. The fourth-order valence-corrected chi connectivity index (χ4v) is 2.48. The molecule has 0 amide bonds. The second kappa shape index (κ2) is 3.23. The van der Waals surface area contributed by atoms with E-state index in [1.807, 2.05) is 25.1 Å². The summed E-state index contributed by atoms with van der Waals surface area (Å²) < 4.78 is 0. The number of carbonyl (C=O) groups excluding carboxylic acids is 1. The minimum absolute atomic E-state index is 0.0811. The van der Waals surface area contributed by atoms with Crippen LogP contribution in [0.25, 0.3) is 0 Å². The summed E-state index contributed by atoms with van der Waals surface area (Å²) in [5, 5.41) is 0. The highest BCUT2D eigenvalue weighted by molar-refractivity contribution is 5.84. The van der Waals surface area contributed by atoms with E-state index in [9.17, 15) is 4.79 Å². The lowest BCUT2D eigenvalue weighted by Crippen LogP contribution is -2.17. The second-order valence-corrected chi connectivity index (χ2v) is 4.67. The number of hydrogen-bond acceptors (Lipinski definition) is 1. The Kier molecular flexibility index (Phi) is 2.18. The van der Waals surface area contributed by atoms with Crippen molar-refractivity contribution < 1.29 is 4.79 Å². The largest absolute Gasteiger partial charge is 0.299 e. The highest BCUT2D eigenvalue weighted by Gasteiger charge is 2.39. The molecule has 2 atom stereocenters. The van der Waals surface area contributed by atoms with Crippen molar-refractivity contribution in [1.29, 1.82) is 0 Å². The van der Waals surface area contributed by atoms with Crippen LogP contribution in [0, 0.1) is 5.92 Å². The zero-order chi connectivity index (χ0) is 10.2. The van der Waals surface area contributed by atoms with Gasteiger partial charge in [0.05, 0.1) is 0 Å². The first kappa shape index (κ1) is 9.45. The minimum atomic E-state index is 0.0811. The summed E-state index contributed by atoms with van der Waals surface area (Å²) in [5.74, 6) is 0.650. The van der Waals surface area contributed by atoms with Crippen LogP contribution in [0.2, 0.25) is 0 Å². The first-order valence-corrected chi connectivity index (χ1v) is 5.20. The van der Waals surface area contributed by atoms with E-state index in [1.165, 1.54) is 5.56 Å². The molecule has 1 aliphatic rings. The van der Waals surface area contributed by atoms with Gasteiger partial charge in [-0.05, 0) is 12.0 Å². The maximum absolute atomic E-state index is 11.6. The summed E-state index contributed by atoms with van der Waals surface area (Å²) in [4.78, 5) is 11.6. The Morgan fingerprint density at radius 3 is 2.43 bits per heavy atom. The van der Waals surface area contributed by atoms with Crippen molar-refractivity contribution in [3.63, 3.8) is 0 Å². The van der Waals surface area contributed by atoms with E-state index in [1.54, 1.807) is 0 Å². The molecule has 1 unspecified atom stereocenters. The standard InChI is InChI=1S/C13H16O/c1-10-8-13(2,9-12(10)14)11-6-4-3-5-7-11/h3-7,10H,8-9H2,1-2H3/t10?,13-/m0/s1. The number of benzene rings is 1. The second-order valence-electron chi connectivity index (χ2n) is 4.67. The number of carbonyl (C=O) groups is 1. The van der Waals surface area contributed by atoms with Gasteiger partial charge in [0.1, 0.15) is 5.78 Å². The molecule has 1 aromatic rings. The molecule has 0 bridgehead atoms. The molecule has 74 valence electrons. The number of Topliss-reactive ketones (excluding diaryl/α,β-unsaturated/α-hetero) is 1. The molecule has 0 spiro atoms. The van der Waals surface area contributed by atoms with Gasteiger partial charge in [0.2, 0.25) is 0 Å². The number of rotatable bonds is 1. The third-order valence-electron chi connectivity index (χ3n) is 3.34. The predicted octanol–water partition coefficient (Wildman–Crippen LogP) is 2.94. The average Bonchev–Trinajstić information content (AvgIpc) is 2.44. The molecule has 2 rings (SSSR count). The van der Waals surface area contributed by atoms with Crippen LogP contribution in [0.5, 0.6) is 0 Å². The number of hydrogen-bond donors (Lipinski definition) is 0. The van der Waals surface area contributed by atoms with Gasteiger partial charge in [-0.2, -0.15) is 0 Å². The van der Waals surface area contributed by atoms with E-state index in [2.05, 4.69) is 19.1 Å². The van der Waals surface area contributed by atoms with E-state index in [0.29, 0.717) is 12.2 Å². The summed E-state index contributed by atoms with van der Waals surface area (Å²) in [6.45, 7) is 4.24. The van der Waals surface area contributed by atoms with Crippen LogP contribution in [0.15, 0.2) is 30.3 Å². The lowest BCUT2D eigenvalue weighted by Gasteiger charge is -2.23. The fourth-order valence-electron chi connectivity index (χ4n) is 2.48. The molecule has 1 fully saturated rings. The van der Waals surface area contributed by atoms with E-state index in [0.717, 1.165) is 6.42 Å². The third kappa shape index (κ3) is 1.47. The summed E-state index contributed by atoms with van der Waals surface area (Å²) in [6.07, 6.45) is 1.70. The molecule has 1 aliphatic carbocycles. The predicted molar refractivity (Wildman–Crippen MR) is 57.2 cm³/mol. The van der Waals surface area contributed by atoms with Gasteiger partial charge in [-0.15, -0.1) is 0 Å². The van der Waals surface area contributed by atoms with Crippen LogP contribution in [-0.4, -0.2) is 5.78 Å². The zero-order valence-corrected chi connectivity index (χ0v) is 8.79. The lowest BCUT2D eigenvalue weighted by atomic mass is 9.80. The van der Waals surface area contributed by atoms with E-state index in [4.69, 9.17) is 0 Å². The molecule has 0 saturated heterocycles. The van der Waals surface area contributed by atoms with E-state index in [-0.39, 0.29) is 11.3 Å². The quantitative estimate of drug-likeness (QED) is 0.662. The van der Waals surface area contributed by atoms with Crippen molar-refractivity contribution >= 4 is 5.78 Å².